The largest absolute Gasteiger partial charge is 0.396 e. The Morgan fingerprint density at radius 2 is 2.07 bits per heavy atom. The Bertz CT molecular complexity index is 289. The zero-order chi connectivity index (χ0) is 11.1. The van der Waals surface area contributed by atoms with Gasteiger partial charge in [-0.2, -0.15) is 0 Å². The fraction of sp³-hybridized carbons (Fsp3) is 0.500. The number of rotatable bonds is 6. The van der Waals surface area contributed by atoms with Crippen molar-refractivity contribution in [3.05, 3.63) is 29.8 Å². The Kier molecular flexibility index (Phi) is 5.76. The van der Waals surface area contributed by atoms with Gasteiger partial charge in [0.15, 0.2) is 0 Å². The summed E-state index contributed by atoms with van der Waals surface area (Å²) in [5, 5.41) is 18.5. The average molecular weight is 226 g/mol. The molecule has 0 fully saturated rings. The minimum atomic E-state index is -0.372. The first-order valence-corrected chi connectivity index (χ1v) is 6.28. The molecule has 2 N–H and O–H groups in total. The summed E-state index contributed by atoms with van der Waals surface area (Å²) in [6.07, 6.45) is 1.15. The van der Waals surface area contributed by atoms with Gasteiger partial charge in [0.2, 0.25) is 0 Å². The fourth-order valence-electron chi connectivity index (χ4n) is 1.35. The lowest BCUT2D eigenvalue weighted by Gasteiger charge is -2.13. The molecule has 1 aromatic carbocycles. The molecular formula is C12H18O2S. The molecule has 0 radical (unpaired) electrons. The van der Waals surface area contributed by atoms with E-state index in [9.17, 15) is 5.11 Å². The molecule has 1 atom stereocenters. The molecule has 15 heavy (non-hydrogen) atoms. The van der Waals surface area contributed by atoms with Gasteiger partial charge in [-0.05, 0) is 24.5 Å². The van der Waals surface area contributed by atoms with Gasteiger partial charge < -0.3 is 10.2 Å². The first-order chi connectivity index (χ1) is 7.29. The molecule has 0 heterocycles. The second-order valence-corrected chi connectivity index (χ2v) is 4.52. The highest BCUT2D eigenvalue weighted by molar-refractivity contribution is 7.99. The van der Waals surface area contributed by atoms with Crippen LogP contribution < -0.4 is 0 Å². The highest BCUT2D eigenvalue weighted by Crippen LogP contribution is 2.29. The Morgan fingerprint density at radius 3 is 2.73 bits per heavy atom. The summed E-state index contributed by atoms with van der Waals surface area (Å²) in [5.41, 5.74) is 1.00. The van der Waals surface area contributed by atoms with Gasteiger partial charge in [0.1, 0.15) is 0 Å². The van der Waals surface area contributed by atoms with Crippen molar-refractivity contribution in [1.82, 2.24) is 0 Å². The maximum absolute atomic E-state index is 9.80. The van der Waals surface area contributed by atoms with Crippen LogP contribution in [0, 0.1) is 0 Å². The van der Waals surface area contributed by atoms with Crippen LogP contribution in [0.1, 0.15) is 31.4 Å². The van der Waals surface area contributed by atoms with Crippen molar-refractivity contribution in [2.75, 3.05) is 12.4 Å². The lowest BCUT2D eigenvalue weighted by Crippen LogP contribution is -1.97. The standard InChI is InChI=1S/C12H18O2S/c1-2-11(14)10-6-3-4-7-12(10)15-9-5-8-13/h3-4,6-7,11,13-14H,2,5,8-9H2,1H3/t11-/m1/s1. The fourth-order valence-corrected chi connectivity index (χ4v) is 2.39. The summed E-state index contributed by atoms with van der Waals surface area (Å²) in [6.45, 7) is 2.20. The molecule has 0 aliphatic heterocycles. The van der Waals surface area contributed by atoms with Crippen molar-refractivity contribution in [3.63, 3.8) is 0 Å². The van der Waals surface area contributed by atoms with E-state index in [4.69, 9.17) is 5.11 Å². The van der Waals surface area contributed by atoms with Crippen LogP contribution in [0.5, 0.6) is 0 Å². The molecule has 2 nitrogen and oxygen atoms in total. The highest BCUT2D eigenvalue weighted by Gasteiger charge is 2.09. The summed E-state index contributed by atoms with van der Waals surface area (Å²) < 4.78 is 0. The molecule has 0 spiro atoms. The van der Waals surface area contributed by atoms with E-state index < -0.39 is 0 Å². The molecule has 1 rings (SSSR count). The second-order valence-electron chi connectivity index (χ2n) is 3.39. The van der Waals surface area contributed by atoms with Crippen LogP contribution in [0.25, 0.3) is 0 Å². The molecule has 0 aliphatic rings. The van der Waals surface area contributed by atoms with Gasteiger partial charge in [-0.25, -0.2) is 0 Å². The van der Waals surface area contributed by atoms with Crippen molar-refractivity contribution in [2.24, 2.45) is 0 Å². The zero-order valence-corrected chi connectivity index (χ0v) is 9.83. The van der Waals surface area contributed by atoms with Crippen LogP contribution in [0.4, 0.5) is 0 Å². The second kappa shape index (κ2) is 6.88. The number of thioether (sulfide) groups is 1. The third kappa shape index (κ3) is 3.86. The van der Waals surface area contributed by atoms with Crippen LogP contribution in [-0.2, 0) is 0 Å². The van der Waals surface area contributed by atoms with Gasteiger partial charge in [-0.3, -0.25) is 0 Å². The first kappa shape index (κ1) is 12.6. The Labute approximate surface area is 95.3 Å². The number of benzene rings is 1. The molecule has 3 heteroatoms. The van der Waals surface area contributed by atoms with Crippen LogP contribution >= 0.6 is 11.8 Å². The van der Waals surface area contributed by atoms with E-state index in [1.54, 1.807) is 11.8 Å². The summed E-state index contributed by atoms with van der Waals surface area (Å²) in [6, 6.07) is 7.92. The van der Waals surface area contributed by atoms with E-state index in [-0.39, 0.29) is 12.7 Å². The molecule has 0 amide bonds. The van der Waals surface area contributed by atoms with E-state index in [1.807, 2.05) is 31.2 Å². The summed E-state index contributed by atoms with van der Waals surface area (Å²) in [7, 11) is 0. The predicted octanol–water partition coefficient (Wildman–Crippen LogP) is 2.60. The molecule has 0 unspecified atom stereocenters. The molecule has 1 aromatic rings. The average Bonchev–Trinajstić information content (AvgIpc) is 2.29. The maximum atomic E-state index is 9.80. The molecule has 0 aromatic heterocycles. The number of hydrogen-bond acceptors (Lipinski definition) is 3. The SMILES string of the molecule is CC[C@@H](O)c1ccccc1SCCCO. The molecule has 0 saturated heterocycles. The van der Waals surface area contributed by atoms with Crippen molar-refractivity contribution in [2.45, 2.75) is 30.8 Å². The van der Waals surface area contributed by atoms with Crippen LogP contribution in [0.2, 0.25) is 0 Å². The van der Waals surface area contributed by atoms with Crippen LogP contribution in [0.15, 0.2) is 29.2 Å². The van der Waals surface area contributed by atoms with Gasteiger partial charge in [-0.15, -0.1) is 11.8 Å². The minimum Gasteiger partial charge on any atom is -0.396 e. The summed E-state index contributed by atoms with van der Waals surface area (Å²) in [5.74, 6) is 0.893. The molecule has 0 aliphatic carbocycles. The lowest BCUT2D eigenvalue weighted by molar-refractivity contribution is 0.171. The van der Waals surface area contributed by atoms with Crippen LogP contribution in [-0.4, -0.2) is 22.6 Å². The first-order valence-electron chi connectivity index (χ1n) is 5.30. The van der Waals surface area contributed by atoms with Gasteiger partial charge in [0, 0.05) is 17.3 Å². The minimum absolute atomic E-state index is 0.228. The quantitative estimate of drug-likeness (QED) is 0.578. The van der Waals surface area contributed by atoms with Gasteiger partial charge in [0.25, 0.3) is 0 Å². The third-order valence-corrected chi connectivity index (χ3v) is 3.40. The molecule has 84 valence electrons. The van der Waals surface area contributed by atoms with Crippen molar-refractivity contribution in [1.29, 1.82) is 0 Å². The molecular weight excluding hydrogens is 208 g/mol. The van der Waals surface area contributed by atoms with Crippen LogP contribution in [0.3, 0.4) is 0 Å². The van der Waals surface area contributed by atoms with E-state index in [0.29, 0.717) is 0 Å². The Balaban J connectivity index is 2.68. The van der Waals surface area contributed by atoms with Crippen molar-refractivity contribution < 1.29 is 10.2 Å². The zero-order valence-electron chi connectivity index (χ0n) is 9.02. The molecule has 0 bridgehead atoms. The maximum Gasteiger partial charge on any atom is 0.0798 e. The number of hydrogen-bond donors (Lipinski definition) is 2. The van der Waals surface area contributed by atoms with Gasteiger partial charge in [0.05, 0.1) is 6.10 Å². The van der Waals surface area contributed by atoms with E-state index in [0.717, 1.165) is 29.1 Å². The van der Waals surface area contributed by atoms with Gasteiger partial charge >= 0.3 is 0 Å². The predicted molar refractivity (Wildman–Crippen MR) is 64.1 cm³/mol. The number of aliphatic hydroxyl groups excluding tert-OH is 2. The van der Waals surface area contributed by atoms with Gasteiger partial charge in [-0.1, -0.05) is 25.1 Å². The third-order valence-electron chi connectivity index (χ3n) is 2.22. The summed E-state index contributed by atoms with van der Waals surface area (Å²) >= 11 is 1.70. The Morgan fingerprint density at radius 1 is 1.33 bits per heavy atom. The van der Waals surface area contributed by atoms with Crippen molar-refractivity contribution >= 4 is 11.8 Å². The molecule has 0 saturated carbocycles. The number of aliphatic hydroxyl groups is 2. The topological polar surface area (TPSA) is 40.5 Å². The monoisotopic (exact) mass is 226 g/mol. The summed E-state index contributed by atoms with van der Waals surface area (Å²) in [4.78, 5) is 1.13. The highest BCUT2D eigenvalue weighted by atomic mass is 32.2. The van der Waals surface area contributed by atoms with Crippen molar-refractivity contribution in [3.8, 4) is 0 Å². The van der Waals surface area contributed by atoms with E-state index >= 15 is 0 Å². The van der Waals surface area contributed by atoms with E-state index in [2.05, 4.69) is 0 Å². The normalized spacial score (nSPS) is 12.7. The lowest BCUT2D eigenvalue weighted by atomic mass is 10.1. The smallest absolute Gasteiger partial charge is 0.0798 e. The van der Waals surface area contributed by atoms with E-state index in [1.165, 1.54) is 0 Å². The Hall–Kier alpha value is -0.510.